The van der Waals surface area contributed by atoms with E-state index >= 15 is 0 Å². The van der Waals surface area contributed by atoms with Crippen molar-refractivity contribution in [2.24, 2.45) is 0 Å². The van der Waals surface area contributed by atoms with E-state index in [4.69, 9.17) is 15.0 Å². The molecule has 0 bridgehead atoms. The van der Waals surface area contributed by atoms with Gasteiger partial charge in [-0.15, -0.1) is 0 Å². The zero-order valence-electron chi connectivity index (χ0n) is 40.6. The van der Waals surface area contributed by atoms with Gasteiger partial charge in [0.1, 0.15) is 0 Å². The Labute approximate surface area is 411 Å². The average Bonchev–Trinajstić information content (AvgIpc) is 3.38. The van der Waals surface area contributed by atoms with E-state index < -0.39 is 0 Å². The molecule has 0 aliphatic heterocycles. The van der Waals surface area contributed by atoms with E-state index in [9.17, 15) is 0 Å². The molecule has 0 radical (unpaired) electrons. The second kappa shape index (κ2) is 18.6. The Hall–Kier alpha value is -8.47. The fourth-order valence-corrected chi connectivity index (χ4v) is 11.0. The first-order valence-corrected chi connectivity index (χ1v) is 24.2. The maximum atomic E-state index is 5.61. The molecule has 11 aromatic rings. The molecule has 0 unspecified atom stereocenters. The average molecular weight is 903 g/mol. The quantitative estimate of drug-likeness (QED) is 0.128. The van der Waals surface area contributed by atoms with Crippen LogP contribution >= 0.6 is 0 Å². The van der Waals surface area contributed by atoms with Gasteiger partial charge in [0.05, 0.1) is 5.69 Å². The molecule has 0 aliphatic carbocycles. The second-order valence-electron chi connectivity index (χ2n) is 18.8. The summed E-state index contributed by atoms with van der Waals surface area (Å²) in [6.07, 6.45) is 0. The fraction of sp³-hybridized carbons (Fsp3) is 0.106. The maximum absolute atomic E-state index is 5.61. The van der Waals surface area contributed by atoms with Crippen molar-refractivity contribution in [2.75, 3.05) is 4.90 Å². The molecule has 0 saturated heterocycles. The number of fused-ring (bicyclic) bond motifs is 2. The van der Waals surface area contributed by atoms with Crippen LogP contribution in [0.25, 0.3) is 66.6 Å². The van der Waals surface area contributed by atoms with Gasteiger partial charge in [-0.2, -0.15) is 9.97 Å². The number of rotatable bonds is 10. The number of hydrogen-bond acceptors (Lipinski definition) is 4. The van der Waals surface area contributed by atoms with Crippen molar-refractivity contribution in [3.8, 4) is 45.0 Å². The first-order chi connectivity index (χ1) is 34.2. The van der Waals surface area contributed by atoms with Gasteiger partial charge in [0.2, 0.25) is 5.95 Å². The van der Waals surface area contributed by atoms with E-state index in [1.807, 2.05) is 18.2 Å². The van der Waals surface area contributed by atoms with E-state index in [0.29, 0.717) is 17.6 Å². The Morgan fingerprint density at radius 3 is 1.36 bits per heavy atom. The summed E-state index contributed by atoms with van der Waals surface area (Å²) < 4.78 is 0. The highest BCUT2D eigenvalue weighted by Gasteiger charge is 2.28. The first kappa shape index (κ1) is 44.1. The molecule has 0 spiro atoms. The molecule has 0 amide bonds. The van der Waals surface area contributed by atoms with Gasteiger partial charge in [-0.05, 0) is 137 Å². The highest BCUT2D eigenvalue weighted by molar-refractivity contribution is 6.06. The second-order valence-corrected chi connectivity index (χ2v) is 18.8. The largest absolute Gasteiger partial charge is 0.278 e. The van der Waals surface area contributed by atoms with Gasteiger partial charge in [-0.25, -0.2) is 4.98 Å². The molecular formula is C66H54N4. The minimum atomic E-state index is 0.0158. The van der Waals surface area contributed by atoms with E-state index in [0.717, 1.165) is 66.3 Å². The molecule has 0 fully saturated rings. The lowest BCUT2D eigenvalue weighted by Crippen LogP contribution is -2.17. The molecule has 4 nitrogen and oxygen atoms in total. The number of hydrogen-bond donors (Lipinski definition) is 0. The predicted octanol–water partition coefficient (Wildman–Crippen LogP) is 17.3. The SMILES string of the molecule is Cc1cc(C)c(C(c2ccc(N(c3nc(-c4ccccc4)nc(-c4ccc5ccccc5c4-c4ccccc4)n3)c3ccc4ccccc4c3-c3ccccc3)cc2)c2c(C)cc(C)cc2C)c(C)c1. The summed E-state index contributed by atoms with van der Waals surface area (Å²) in [6, 6.07) is 76.1. The number of benzene rings is 10. The smallest absolute Gasteiger partial charge is 0.238 e. The minimum absolute atomic E-state index is 0.0158. The van der Waals surface area contributed by atoms with Crippen LogP contribution in [0.2, 0.25) is 0 Å². The summed E-state index contributed by atoms with van der Waals surface area (Å²) in [5, 5.41) is 4.58. The van der Waals surface area contributed by atoms with Gasteiger partial charge in [0.15, 0.2) is 11.6 Å². The maximum Gasteiger partial charge on any atom is 0.238 e. The van der Waals surface area contributed by atoms with Gasteiger partial charge < -0.3 is 0 Å². The fourth-order valence-electron chi connectivity index (χ4n) is 11.0. The number of aromatic nitrogens is 3. The van der Waals surface area contributed by atoms with Crippen molar-refractivity contribution in [3.05, 3.63) is 262 Å². The van der Waals surface area contributed by atoms with Crippen LogP contribution in [0.4, 0.5) is 17.3 Å². The van der Waals surface area contributed by atoms with Crippen LogP contribution in [0.15, 0.2) is 212 Å². The molecule has 1 heterocycles. The van der Waals surface area contributed by atoms with E-state index in [1.54, 1.807) is 0 Å². The number of nitrogens with zero attached hydrogens (tertiary/aromatic N) is 4. The van der Waals surface area contributed by atoms with E-state index in [2.05, 4.69) is 241 Å². The Kier molecular flexibility index (Phi) is 11.7. The van der Waals surface area contributed by atoms with Crippen molar-refractivity contribution in [1.29, 1.82) is 0 Å². The van der Waals surface area contributed by atoms with Gasteiger partial charge in [-0.1, -0.05) is 199 Å². The van der Waals surface area contributed by atoms with Crippen molar-refractivity contribution in [2.45, 2.75) is 47.5 Å². The zero-order chi connectivity index (χ0) is 47.9. The van der Waals surface area contributed by atoms with Crippen molar-refractivity contribution in [3.63, 3.8) is 0 Å². The molecule has 4 heteroatoms. The monoisotopic (exact) mass is 902 g/mol. The molecule has 11 rings (SSSR count). The van der Waals surface area contributed by atoms with Crippen LogP contribution < -0.4 is 4.90 Å². The zero-order valence-corrected chi connectivity index (χ0v) is 40.6. The van der Waals surface area contributed by atoms with Gasteiger partial charge in [0.25, 0.3) is 0 Å². The Morgan fingerprint density at radius 2 is 0.814 bits per heavy atom. The van der Waals surface area contributed by atoms with Crippen LogP contribution in [0, 0.1) is 41.5 Å². The summed E-state index contributed by atoms with van der Waals surface area (Å²) >= 11 is 0. The third-order valence-corrected chi connectivity index (χ3v) is 13.8. The molecule has 10 aromatic carbocycles. The van der Waals surface area contributed by atoms with Gasteiger partial charge in [-0.3, -0.25) is 4.90 Å². The normalized spacial score (nSPS) is 11.4. The van der Waals surface area contributed by atoms with Crippen molar-refractivity contribution >= 4 is 38.9 Å². The van der Waals surface area contributed by atoms with Crippen LogP contribution in [0.1, 0.15) is 56.0 Å². The molecule has 338 valence electrons. The summed E-state index contributed by atoms with van der Waals surface area (Å²) in [6.45, 7) is 13.5. The standard InChI is InChI=1S/C66H54N4/c1-42-38-44(3)59(45(4)39-42)63(60-46(5)40-43(2)41-47(60)6)52-30-34-54(35-31-52)70(58-37-33-49-21-17-19-29-56(49)62(58)51-24-12-8-13-25-51)66-68-64(53-26-14-9-15-27-53)67-65(69-66)57-36-32-48-20-16-18-28-55(48)61(57)50-22-10-7-11-23-50/h7-41,63H,1-6H3. The summed E-state index contributed by atoms with van der Waals surface area (Å²) in [7, 11) is 0. The summed E-state index contributed by atoms with van der Waals surface area (Å²) in [5.41, 5.74) is 19.8. The molecule has 0 atom stereocenters. The minimum Gasteiger partial charge on any atom is -0.278 e. The highest BCUT2D eigenvalue weighted by Crippen LogP contribution is 2.46. The third kappa shape index (κ3) is 8.22. The Balaban J connectivity index is 1.20. The number of aryl methyl sites for hydroxylation is 6. The predicted molar refractivity (Wildman–Crippen MR) is 294 cm³/mol. The van der Waals surface area contributed by atoms with Crippen molar-refractivity contribution < 1.29 is 0 Å². The molecule has 70 heavy (non-hydrogen) atoms. The van der Waals surface area contributed by atoms with Crippen LogP contribution in [0.5, 0.6) is 0 Å². The lowest BCUT2D eigenvalue weighted by molar-refractivity contribution is 0.919. The Morgan fingerprint density at radius 1 is 0.371 bits per heavy atom. The lowest BCUT2D eigenvalue weighted by atomic mass is 9.77. The Bertz CT molecular complexity index is 3610. The lowest BCUT2D eigenvalue weighted by Gasteiger charge is -2.29. The summed E-state index contributed by atoms with van der Waals surface area (Å²) in [5.74, 6) is 1.71. The van der Waals surface area contributed by atoms with Crippen LogP contribution in [-0.4, -0.2) is 15.0 Å². The van der Waals surface area contributed by atoms with E-state index in [1.165, 1.54) is 50.1 Å². The molecule has 1 aromatic heterocycles. The van der Waals surface area contributed by atoms with Gasteiger partial charge >= 0.3 is 0 Å². The molecular weight excluding hydrogens is 849 g/mol. The molecule has 0 aliphatic rings. The van der Waals surface area contributed by atoms with Gasteiger partial charge in [0, 0.05) is 33.9 Å². The topological polar surface area (TPSA) is 41.9 Å². The molecule has 0 saturated carbocycles. The third-order valence-electron chi connectivity index (χ3n) is 13.8. The first-order valence-electron chi connectivity index (χ1n) is 24.2. The van der Waals surface area contributed by atoms with E-state index in [-0.39, 0.29) is 5.92 Å². The van der Waals surface area contributed by atoms with Crippen LogP contribution in [0.3, 0.4) is 0 Å². The highest BCUT2D eigenvalue weighted by atomic mass is 15.3. The summed E-state index contributed by atoms with van der Waals surface area (Å²) in [4.78, 5) is 18.7. The number of anilines is 3. The van der Waals surface area contributed by atoms with Crippen LogP contribution in [-0.2, 0) is 0 Å². The van der Waals surface area contributed by atoms with Crippen molar-refractivity contribution in [1.82, 2.24) is 15.0 Å². The molecule has 0 N–H and O–H groups in total.